The van der Waals surface area contributed by atoms with E-state index >= 15 is 0 Å². The Kier molecular flexibility index (Phi) is 5.73. The van der Waals surface area contributed by atoms with E-state index in [0.29, 0.717) is 23.0 Å². The van der Waals surface area contributed by atoms with Crippen molar-refractivity contribution in [1.29, 1.82) is 0 Å². The largest absolute Gasteiger partial charge is 0.496 e. The van der Waals surface area contributed by atoms with Crippen LogP contribution in [0.25, 0.3) is 6.08 Å². The molecule has 0 unspecified atom stereocenters. The van der Waals surface area contributed by atoms with Gasteiger partial charge in [0.2, 0.25) is 5.91 Å². The summed E-state index contributed by atoms with van der Waals surface area (Å²) < 4.78 is 6.18. The highest BCUT2D eigenvalue weighted by molar-refractivity contribution is 9.10. The molecule has 1 saturated carbocycles. The van der Waals surface area contributed by atoms with E-state index in [1.807, 2.05) is 18.2 Å². The second kappa shape index (κ2) is 8.19. The van der Waals surface area contributed by atoms with Crippen molar-refractivity contribution in [3.05, 3.63) is 64.1 Å². The number of benzene rings is 2. The minimum Gasteiger partial charge on any atom is -0.496 e. The summed E-state index contributed by atoms with van der Waals surface area (Å²) in [5, 5.41) is 5.70. The summed E-state index contributed by atoms with van der Waals surface area (Å²) in [6, 6.07) is 12.7. The van der Waals surface area contributed by atoms with E-state index in [2.05, 4.69) is 26.6 Å². The number of carbonyl (C=O) groups excluding carboxylic acids is 2. The van der Waals surface area contributed by atoms with E-state index in [4.69, 9.17) is 4.74 Å². The first-order valence-electron chi connectivity index (χ1n) is 8.28. The summed E-state index contributed by atoms with van der Waals surface area (Å²) in [5.41, 5.74) is 2.01. The maximum Gasteiger partial charge on any atom is 0.251 e. The van der Waals surface area contributed by atoms with Gasteiger partial charge in [-0.05, 0) is 61.4 Å². The molecule has 134 valence electrons. The molecule has 0 heterocycles. The molecule has 0 aliphatic heterocycles. The molecule has 2 amide bonds. The predicted molar refractivity (Wildman–Crippen MR) is 105 cm³/mol. The van der Waals surface area contributed by atoms with E-state index in [1.165, 1.54) is 6.08 Å². The molecule has 5 nitrogen and oxygen atoms in total. The van der Waals surface area contributed by atoms with Crippen molar-refractivity contribution in [3.8, 4) is 5.75 Å². The number of methoxy groups -OCH3 is 1. The molecule has 0 atom stereocenters. The van der Waals surface area contributed by atoms with Gasteiger partial charge in [-0.1, -0.05) is 15.9 Å². The van der Waals surface area contributed by atoms with Crippen LogP contribution >= 0.6 is 15.9 Å². The fraction of sp³-hybridized carbons (Fsp3) is 0.200. The van der Waals surface area contributed by atoms with E-state index < -0.39 is 0 Å². The number of rotatable bonds is 6. The third-order valence-electron chi connectivity index (χ3n) is 3.93. The molecule has 3 rings (SSSR count). The van der Waals surface area contributed by atoms with Gasteiger partial charge in [-0.25, -0.2) is 0 Å². The van der Waals surface area contributed by atoms with Gasteiger partial charge in [-0.2, -0.15) is 0 Å². The first-order chi connectivity index (χ1) is 12.5. The van der Waals surface area contributed by atoms with E-state index in [9.17, 15) is 9.59 Å². The SMILES string of the molecule is COc1ccc(Br)cc1/C=C/C(=O)Nc1ccc(C(=O)NC2CC2)cc1. The van der Waals surface area contributed by atoms with Crippen molar-refractivity contribution in [2.75, 3.05) is 12.4 Å². The zero-order valence-electron chi connectivity index (χ0n) is 14.3. The predicted octanol–water partition coefficient (Wildman–Crippen LogP) is 4.00. The Labute approximate surface area is 160 Å². The molecule has 1 aliphatic carbocycles. The van der Waals surface area contributed by atoms with Crippen molar-refractivity contribution in [1.82, 2.24) is 5.32 Å². The molecule has 2 N–H and O–H groups in total. The van der Waals surface area contributed by atoms with Crippen LogP contribution in [0, 0.1) is 0 Å². The highest BCUT2D eigenvalue weighted by Gasteiger charge is 2.23. The molecule has 0 aromatic heterocycles. The average molecular weight is 415 g/mol. The summed E-state index contributed by atoms with van der Waals surface area (Å²) in [6.07, 6.45) is 5.23. The number of amides is 2. The third kappa shape index (κ3) is 4.95. The Morgan fingerprint density at radius 3 is 2.54 bits per heavy atom. The summed E-state index contributed by atoms with van der Waals surface area (Å²) in [6.45, 7) is 0. The molecule has 0 saturated heterocycles. The van der Waals surface area contributed by atoms with Gasteiger partial charge in [0.05, 0.1) is 7.11 Å². The number of carbonyl (C=O) groups is 2. The Morgan fingerprint density at radius 1 is 1.15 bits per heavy atom. The Morgan fingerprint density at radius 2 is 1.88 bits per heavy atom. The van der Waals surface area contributed by atoms with Gasteiger partial charge in [-0.15, -0.1) is 0 Å². The molecule has 0 spiro atoms. The minimum absolute atomic E-state index is 0.0768. The van der Waals surface area contributed by atoms with E-state index in [0.717, 1.165) is 22.9 Å². The van der Waals surface area contributed by atoms with Crippen molar-refractivity contribution in [2.45, 2.75) is 18.9 Å². The second-order valence-corrected chi connectivity index (χ2v) is 6.95. The lowest BCUT2D eigenvalue weighted by atomic mass is 10.1. The monoisotopic (exact) mass is 414 g/mol. The zero-order valence-corrected chi connectivity index (χ0v) is 15.9. The lowest BCUT2D eigenvalue weighted by molar-refractivity contribution is -0.111. The quantitative estimate of drug-likeness (QED) is 0.701. The van der Waals surface area contributed by atoms with Crippen LogP contribution in [0.1, 0.15) is 28.8 Å². The average Bonchev–Trinajstić information content (AvgIpc) is 3.44. The van der Waals surface area contributed by atoms with Crippen LogP contribution in [0.2, 0.25) is 0 Å². The van der Waals surface area contributed by atoms with Crippen LogP contribution in [0.3, 0.4) is 0 Å². The number of nitrogens with one attached hydrogen (secondary N) is 2. The molecule has 2 aromatic carbocycles. The normalized spacial score (nSPS) is 13.5. The molecule has 2 aromatic rings. The number of halogens is 1. The fourth-order valence-corrected chi connectivity index (χ4v) is 2.76. The zero-order chi connectivity index (χ0) is 18.5. The van der Waals surface area contributed by atoms with Crippen molar-refractivity contribution >= 4 is 39.5 Å². The van der Waals surface area contributed by atoms with Crippen LogP contribution in [0.4, 0.5) is 5.69 Å². The lowest BCUT2D eigenvalue weighted by Gasteiger charge is -2.06. The Hall–Kier alpha value is -2.60. The van der Waals surface area contributed by atoms with Gasteiger partial charge in [0.15, 0.2) is 0 Å². The second-order valence-electron chi connectivity index (χ2n) is 6.03. The summed E-state index contributed by atoms with van der Waals surface area (Å²) in [4.78, 5) is 24.1. The third-order valence-corrected chi connectivity index (χ3v) is 4.43. The highest BCUT2D eigenvalue weighted by Crippen LogP contribution is 2.24. The summed E-state index contributed by atoms with van der Waals surface area (Å²) in [7, 11) is 1.58. The van der Waals surface area contributed by atoms with Gasteiger partial charge >= 0.3 is 0 Å². The standard InChI is InChI=1S/C20H19BrN2O3/c1-26-18-10-5-15(21)12-14(18)4-11-19(24)22-16-6-2-13(3-7-16)20(25)23-17-8-9-17/h2-7,10-12,17H,8-9H2,1H3,(H,22,24)(H,23,25)/b11-4+. The Balaban J connectivity index is 1.61. The topological polar surface area (TPSA) is 67.4 Å². The molecule has 26 heavy (non-hydrogen) atoms. The van der Waals surface area contributed by atoms with Gasteiger partial charge in [0.25, 0.3) is 5.91 Å². The molecular weight excluding hydrogens is 396 g/mol. The highest BCUT2D eigenvalue weighted by atomic mass is 79.9. The maximum atomic E-state index is 12.1. The smallest absolute Gasteiger partial charge is 0.251 e. The van der Waals surface area contributed by atoms with Gasteiger partial charge < -0.3 is 15.4 Å². The fourth-order valence-electron chi connectivity index (χ4n) is 2.39. The van der Waals surface area contributed by atoms with Crippen LogP contribution < -0.4 is 15.4 Å². The van der Waals surface area contributed by atoms with Crippen LogP contribution in [0.15, 0.2) is 53.0 Å². The minimum atomic E-state index is -0.262. The molecular formula is C20H19BrN2O3. The van der Waals surface area contributed by atoms with Crippen LogP contribution in [0.5, 0.6) is 5.75 Å². The van der Waals surface area contributed by atoms with Crippen LogP contribution in [-0.4, -0.2) is 25.0 Å². The van der Waals surface area contributed by atoms with Gasteiger partial charge in [0.1, 0.15) is 5.75 Å². The number of ether oxygens (including phenoxy) is 1. The number of hydrogen-bond donors (Lipinski definition) is 2. The van der Waals surface area contributed by atoms with Crippen molar-refractivity contribution in [3.63, 3.8) is 0 Å². The Bertz CT molecular complexity index is 843. The number of anilines is 1. The first kappa shape index (κ1) is 18.2. The van der Waals surface area contributed by atoms with Gasteiger partial charge in [-0.3, -0.25) is 9.59 Å². The first-order valence-corrected chi connectivity index (χ1v) is 9.08. The molecule has 1 fully saturated rings. The van der Waals surface area contributed by atoms with Gasteiger partial charge in [0, 0.05) is 33.4 Å². The molecule has 0 bridgehead atoms. The van der Waals surface area contributed by atoms with Crippen molar-refractivity contribution < 1.29 is 14.3 Å². The van der Waals surface area contributed by atoms with E-state index in [-0.39, 0.29) is 11.8 Å². The summed E-state index contributed by atoms with van der Waals surface area (Å²) in [5.74, 6) is 0.345. The van der Waals surface area contributed by atoms with Crippen LogP contribution in [-0.2, 0) is 4.79 Å². The number of hydrogen-bond acceptors (Lipinski definition) is 3. The maximum absolute atomic E-state index is 12.1. The summed E-state index contributed by atoms with van der Waals surface area (Å²) >= 11 is 3.40. The lowest BCUT2D eigenvalue weighted by Crippen LogP contribution is -2.25. The molecule has 6 heteroatoms. The molecule has 1 aliphatic rings. The van der Waals surface area contributed by atoms with E-state index in [1.54, 1.807) is 37.5 Å². The van der Waals surface area contributed by atoms with Crippen molar-refractivity contribution in [2.24, 2.45) is 0 Å². The molecule has 0 radical (unpaired) electrons.